The monoisotopic (exact) mass is 352 g/mol. The summed E-state index contributed by atoms with van der Waals surface area (Å²) >= 11 is 0. The number of imidazole rings is 1. The van der Waals surface area contributed by atoms with Gasteiger partial charge in [0.1, 0.15) is 5.69 Å². The zero-order valence-electron chi connectivity index (χ0n) is 14.3. The molecule has 1 amide bonds. The summed E-state index contributed by atoms with van der Waals surface area (Å²) < 4.78 is 7.44. The summed E-state index contributed by atoms with van der Waals surface area (Å²) in [6, 6.07) is 7.87. The van der Waals surface area contributed by atoms with E-state index in [1.165, 1.54) is 18.6 Å². The molecule has 0 bridgehead atoms. The van der Waals surface area contributed by atoms with Crippen LogP contribution in [0.5, 0.6) is 0 Å². The zero-order chi connectivity index (χ0) is 17.8. The first-order valence-electron chi connectivity index (χ1n) is 8.64. The number of hydrogen-bond donors (Lipinski definition) is 1. The molecular formula is C18H20N6O2. The normalized spacial score (nSPS) is 15.2. The van der Waals surface area contributed by atoms with E-state index in [-0.39, 0.29) is 11.6 Å². The standard InChI is InChI=1S/C18H20N6O2/c25-17(15-13-19-5-6-20-15)22-18-21-14-3-1-2-4-16(14)24(18)8-7-23-9-11-26-12-10-23/h1-6,13H,7-12H2,(H,21,22,25). The van der Waals surface area contributed by atoms with Gasteiger partial charge in [-0.05, 0) is 12.1 Å². The number of carbonyl (C=O) groups is 1. The Morgan fingerprint density at radius 2 is 2.00 bits per heavy atom. The van der Waals surface area contributed by atoms with E-state index >= 15 is 0 Å². The third-order valence-electron chi connectivity index (χ3n) is 4.42. The number of rotatable bonds is 5. The molecule has 0 unspecified atom stereocenters. The van der Waals surface area contributed by atoms with Crippen LogP contribution in [0, 0.1) is 0 Å². The number of fused-ring (bicyclic) bond motifs is 1. The van der Waals surface area contributed by atoms with Crippen molar-refractivity contribution >= 4 is 22.9 Å². The molecule has 0 saturated carbocycles. The van der Waals surface area contributed by atoms with Gasteiger partial charge < -0.3 is 9.30 Å². The molecule has 4 rings (SSSR count). The molecule has 8 nitrogen and oxygen atoms in total. The van der Waals surface area contributed by atoms with Crippen LogP contribution in [0.4, 0.5) is 5.95 Å². The van der Waals surface area contributed by atoms with Crippen molar-refractivity contribution in [2.45, 2.75) is 6.54 Å². The summed E-state index contributed by atoms with van der Waals surface area (Å²) in [6.45, 7) is 4.98. The molecule has 0 spiro atoms. The van der Waals surface area contributed by atoms with E-state index < -0.39 is 0 Å². The van der Waals surface area contributed by atoms with Gasteiger partial charge in [-0.1, -0.05) is 12.1 Å². The van der Waals surface area contributed by atoms with Crippen molar-refractivity contribution in [1.82, 2.24) is 24.4 Å². The number of benzene rings is 1. The number of hydrogen-bond acceptors (Lipinski definition) is 6. The lowest BCUT2D eigenvalue weighted by atomic mass is 10.3. The minimum absolute atomic E-state index is 0.263. The smallest absolute Gasteiger partial charge is 0.278 e. The molecule has 0 radical (unpaired) electrons. The lowest BCUT2D eigenvalue weighted by Gasteiger charge is -2.26. The number of aromatic nitrogens is 4. The maximum absolute atomic E-state index is 12.5. The maximum Gasteiger partial charge on any atom is 0.278 e. The molecule has 134 valence electrons. The molecule has 1 aromatic carbocycles. The van der Waals surface area contributed by atoms with Gasteiger partial charge in [-0.3, -0.25) is 20.0 Å². The number of nitrogens with zero attached hydrogens (tertiary/aromatic N) is 5. The highest BCUT2D eigenvalue weighted by molar-refractivity contribution is 6.02. The molecule has 1 fully saturated rings. The average molecular weight is 352 g/mol. The summed E-state index contributed by atoms with van der Waals surface area (Å²) in [5.74, 6) is 0.205. The summed E-state index contributed by atoms with van der Waals surface area (Å²) in [5, 5.41) is 2.87. The van der Waals surface area contributed by atoms with Crippen molar-refractivity contribution in [3.05, 3.63) is 48.5 Å². The molecule has 1 aliphatic heterocycles. The van der Waals surface area contributed by atoms with Crippen molar-refractivity contribution in [3.8, 4) is 0 Å². The largest absolute Gasteiger partial charge is 0.379 e. The van der Waals surface area contributed by atoms with E-state index in [0.717, 1.165) is 50.4 Å². The molecule has 1 aliphatic rings. The second-order valence-corrected chi connectivity index (χ2v) is 6.07. The number of carbonyl (C=O) groups excluding carboxylic acids is 1. The molecule has 3 heterocycles. The van der Waals surface area contributed by atoms with Crippen LogP contribution in [0.2, 0.25) is 0 Å². The van der Waals surface area contributed by atoms with Crippen LogP contribution in [0.1, 0.15) is 10.5 Å². The molecular weight excluding hydrogens is 332 g/mol. The fraction of sp³-hybridized carbons (Fsp3) is 0.333. The first kappa shape index (κ1) is 16.6. The van der Waals surface area contributed by atoms with Crippen LogP contribution in [-0.4, -0.2) is 63.2 Å². The predicted octanol–water partition coefficient (Wildman–Crippen LogP) is 1.41. The number of anilines is 1. The molecule has 1 saturated heterocycles. The second kappa shape index (κ2) is 7.59. The fourth-order valence-corrected chi connectivity index (χ4v) is 3.05. The van der Waals surface area contributed by atoms with Crippen LogP contribution in [0.15, 0.2) is 42.9 Å². The van der Waals surface area contributed by atoms with Gasteiger partial charge >= 0.3 is 0 Å². The Hall–Kier alpha value is -2.84. The van der Waals surface area contributed by atoms with Gasteiger partial charge in [-0.25, -0.2) is 9.97 Å². The Morgan fingerprint density at radius 3 is 2.81 bits per heavy atom. The van der Waals surface area contributed by atoms with Gasteiger partial charge in [0, 0.05) is 38.6 Å². The van der Waals surface area contributed by atoms with E-state index in [1.807, 2.05) is 28.8 Å². The molecule has 2 aromatic heterocycles. The van der Waals surface area contributed by atoms with Crippen molar-refractivity contribution in [2.24, 2.45) is 0 Å². The van der Waals surface area contributed by atoms with Gasteiger partial charge in [0.15, 0.2) is 0 Å². The summed E-state index contributed by atoms with van der Waals surface area (Å²) in [6.07, 6.45) is 4.47. The van der Waals surface area contributed by atoms with Gasteiger partial charge in [0.2, 0.25) is 5.95 Å². The van der Waals surface area contributed by atoms with Crippen LogP contribution < -0.4 is 5.32 Å². The van der Waals surface area contributed by atoms with E-state index in [1.54, 1.807) is 0 Å². The molecule has 26 heavy (non-hydrogen) atoms. The minimum atomic E-state index is -0.318. The van der Waals surface area contributed by atoms with Gasteiger partial charge in [0.05, 0.1) is 30.4 Å². The van der Waals surface area contributed by atoms with E-state index in [4.69, 9.17) is 4.74 Å². The number of ether oxygens (including phenoxy) is 1. The van der Waals surface area contributed by atoms with Gasteiger partial charge in [0.25, 0.3) is 5.91 Å². The molecule has 8 heteroatoms. The number of morpholine rings is 1. The quantitative estimate of drug-likeness (QED) is 0.747. The lowest BCUT2D eigenvalue weighted by Crippen LogP contribution is -2.38. The summed E-state index contributed by atoms with van der Waals surface area (Å²) in [7, 11) is 0. The van der Waals surface area contributed by atoms with E-state index in [0.29, 0.717) is 5.95 Å². The average Bonchev–Trinajstić information content (AvgIpc) is 3.05. The van der Waals surface area contributed by atoms with Crippen molar-refractivity contribution in [1.29, 1.82) is 0 Å². The third kappa shape index (κ3) is 3.56. The lowest BCUT2D eigenvalue weighted by molar-refractivity contribution is 0.0366. The summed E-state index contributed by atoms with van der Waals surface area (Å²) in [5.41, 5.74) is 2.11. The molecule has 3 aromatic rings. The zero-order valence-corrected chi connectivity index (χ0v) is 14.3. The summed E-state index contributed by atoms with van der Waals surface area (Å²) in [4.78, 5) is 27.4. The van der Waals surface area contributed by atoms with Crippen molar-refractivity contribution in [2.75, 3.05) is 38.2 Å². The second-order valence-electron chi connectivity index (χ2n) is 6.07. The first-order valence-corrected chi connectivity index (χ1v) is 8.64. The van der Waals surface area contributed by atoms with Crippen LogP contribution in [-0.2, 0) is 11.3 Å². The first-order chi connectivity index (χ1) is 12.8. The van der Waals surface area contributed by atoms with Gasteiger partial charge in [-0.2, -0.15) is 0 Å². The van der Waals surface area contributed by atoms with E-state index in [9.17, 15) is 4.79 Å². The van der Waals surface area contributed by atoms with Gasteiger partial charge in [-0.15, -0.1) is 0 Å². The van der Waals surface area contributed by atoms with Crippen LogP contribution in [0.3, 0.4) is 0 Å². The number of para-hydroxylation sites is 2. The van der Waals surface area contributed by atoms with Crippen LogP contribution >= 0.6 is 0 Å². The Balaban J connectivity index is 1.57. The molecule has 1 N–H and O–H groups in total. The highest BCUT2D eigenvalue weighted by atomic mass is 16.5. The Kier molecular flexibility index (Phi) is 4.85. The number of amides is 1. The highest BCUT2D eigenvalue weighted by Crippen LogP contribution is 2.20. The Bertz CT molecular complexity index is 889. The van der Waals surface area contributed by atoms with Crippen LogP contribution in [0.25, 0.3) is 11.0 Å². The molecule has 0 atom stereocenters. The van der Waals surface area contributed by atoms with E-state index in [2.05, 4.69) is 25.2 Å². The Morgan fingerprint density at radius 1 is 1.15 bits per heavy atom. The van der Waals surface area contributed by atoms with Crippen molar-refractivity contribution in [3.63, 3.8) is 0 Å². The number of nitrogens with one attached hydrogen (secondary N) is 1. The maximum atomic E-state index is 12.5. The fourth-order valence-electron chi connectivity index (χ4n) is 3.05. The minimum Gasteiger partial charge on any atom is -0.379 e. The van der Waals surface area contributed by atoms with Crippen molar-refractivity contribution < 1.29 is 9.53 Å². The predicted molar refractivity (Wildman–Crippen MR) is 97.0 cm³/mol. The third-order valence-corrected chi connectivity index (χ3v) is 4.42. The SMILES string of the molecule is O=C(Nc1nc2ccccc2n1CCN1CCOCC1)c1cnccn1. The highest BCUT2D eigenvalue weighted by Gasteiger charge is 2.17. The topological polar surface area (TPSA) is 85.2 Å². The molecule has 0 aliphatic carbocycles. The Labute approximate surface area is 150 Å².